The first-order chi connectivity index (χ1) is 4.68. The summed E-state index contributed by atoms with van der Waals surface area (Å²) in [5.74, 6) is 0. The zero-order valence-electron chi connectivity index (χ0n) is 5.83. The number of nitrogens with zero attached hydrogens (tertiary/aromatic N) is 1. The molecule has 0 aliphatic carbocycles. The molecule has 0 saturated carbocycles. The first kappa shape index (κ1) is 11.3. The molecule has 0 aromatic carbocycles. The van der Waals surface area contributed by atoms with E-state index in [2.05, 4.69) is 17.0 Å². The first-order valence-corrected chi connectivity index (χ1v) is 2.53. The number of carbonyl (C=O) groups is 1. The van der Waals surface area contributed by atoms with Crippen LogP contribution in [0.3, 0.4) is 0 Å². The third-order valence-corrected chi connectivity index (χ3v) is 0.343. The average Bonchev–Trinajstić information content (AvgIpc) is 1.85. The Morgan fingerprint density at radius 3 is 2.50 bits per heavy atom. The number of rotatable bonds is 2. The van der Waals surface area contributed by atoms with Crippen LogP contribution in [0.1, 0.15) is 6.92 Å². The molecule has 0 aliphatic heterocycles. The lowest BCUT2D eigenvalue weighted by molar-refractivity contribution is 0.169. The summed E-state index contributed by atoms with van der Waals surface area (Å²) >= 11 is 0. The van der Waals surface area contributed by atoms with E-state index in [4.69, 9.17) is 5.26 Å². The Kier molecular flexibility index (Phi) is 11.9. The summed E-state index contributed by atoms with van der Waals surface area (Å²) in [4.78, 5) is 9.71. The van der Waals surface area contributed by atoms with Gasteiger partial charge < -0.3 is 10.5 Å². The normalized spacial score (nSPS) is 6.00. The Morgan fingerprint density at radius 2 is 2.40 bits per heavy atom. The molecule has 0 aliphatic rings. The van der Waals surface area contributed by atoms with Crippen molar-refractivity contribution < 1.29 is 9.53 Å². The van der Waals surface area contributed by atoms with Crippen LogP contribution < -0.4 is 5.73 Å². The van der Waals surface area contributed by atoms with Crippen LogP contribution in [0.5, 0.6) is 0 Å². The van der Waals surface area contributed by atoms with E-state index >= 15 is 0 Å². The van der Waals surface area contributed by atoms with E-state index in [9.17, 15) is 4.79 Å². The van der Waals surface area contributed by atoms with Gasteiger partial charge in [0.25, 0.3) is 0 Å². The lowest BCUT2D eigenvalue weighted by Gasteiger charge is -1.90. The summed E-state index contributed by atoms with van der Waals surface area (Å²) in [5, 5.41) is 7.32. The molecule has 4 nitrogen and oxygen atoms in total. The molecular weight excluding hydrogens is 132 g/mol. The molecule has 0 saturated heterocycles. The second-order valence-electron chi connectivity index (χ2n) is 1.14. The number of hydrogen-bond acceptors (Lipinski definition) is 3. The van der Waals surface area contributed by atoms with Crippen LogP contribution >= 0.6 is 0 Å². The SMILES string of the molecule is C=CCOC(N)=O.CC#N. The monoisotopic (exact) mass is 142 g/mol. The van der Waals surface area contributed by atoms with E-state index in [0.29, 0.717) is 0 Å². The Labute approximate surface area is 59.9 Å². The topological polar surface area (TPSA) is 76.1 Å². The highest BCUT2D eigenvalue weighted by Crippen LogP contribution is 1.70. The number of nitriles is 1. The van der Waals surface area contributed by atoms with Gasteiger partial charge in [-0.1, -0.05) is 12.7 Å². The molecule has 0 fully saturated rings. The van der Waals surface area contributed by atoms with Crippen molar-refractivity contribution in [3.8, 4) is 6.07 Å². The number of carbonyl (C=O) groups excluding carboxylic acids is 1. The van der Waals surface area contributed by atoms with E-state index in [-0.39, 0.29) is 6.61 Å². The van der Waals surface area contributed by atoms with Crippen LogP contribution in [0.25, 0.3) is 0 Å². The number of hydrogen-bond donors (Lipinski definition) is 1. The van der Waals surface area contributed by atoms with Crippen molar-refractivity contribution in [2.45, 2.75) is 6.92 Å². The molecule has 0 radical (unpaired) electrons. The highest BCUT2D eigenvalue weighted by atomic mass is 16.5. The van der Waals surface area contributed by atoms with Gasteiger partial charge in [0.05, 0.1) is 6.07 Å². The Hall–Kier alpha value is -1.50. The van der Waals surface area contributed by atoms with Gasteiger partial charge in [0.1, 0.15) is 6.61 Å². The van der Waals surface area contributed by atoms with Gasteiger partial charge in [-0.2, -0.15) is 5.26 Å². The van der Waals surface area contributed by atoms with Crippen LogP contribution in [0, 0.1) is 11.3 Å². The van der Waals surface area contributed by atoms with Gasteiger partial charge in [0.15, 0.2) is 0 Å². The van der Waals surface area contributed by atoms with Gasteiger partial charge in [0, 0.05) is 6.92 Å². The van der Waals surface area contributed by atoms with E-state index in [1.54, 1.807) is 6.07 Å². The van der Waals surface area contributed by atoms with Crippen LogP contribution in [0.15, 0.2) is 12.7 Å². The van der Waals surface area contributed by atoms with Crippen LogP contribution in [-0.2, 0) is 4.74 Å². The smallest absolute Gasteiger partial charge is 0.404 e. The number of nitrogens with two attached hydrogens (primary N) is 1. The molecule has 10 heavy (non-hydrogen) atoms. The third kappa shape index (κ3) is 31.5. The third-order valence-electron chi connectivity index (χ3n) is 0.343. The van der Waals surface area contributed by atoms with Crippen molar-refractivity contribution in [1.82, 2.24) is 0 Å². The largest absolute Gasteiger partial charge is 0.445 e. The fourth-order valence-corrected chi connectivity index (χ4v) is 0.141. The highest BCUT2D eigenvalue weighted by molar-refractivity contribution is 5.64. The second kappa shape index (κ2) is 10.5. The van der Waals surface area contributed by atoms with Crippen molar-refractivity contribution >= 4 is 6.09 Å². The molecule has 0 unspecified atom stereocenters. The molecular formula is C6H10N2O2. The van der Waals surface area contributed by atoms with Crippen molar-refractivity contribution in [3.63, 3.8) is 0 Å². The van der Waals surface area contributed by atoms with Crippen molar-refractivity contribution in [1.29, 1.82) is 5.26 Å². The fourth-order valence-electron chi connectivity index (χ4n) is 0.141. The summed E-state index contributed by atoms with van der Waals surface area (Å²) in [6.45, 7) is 4.92. The molecule has 0 aromatic rings. The molecule has 0 heterocycles. The molecule has 0 aromatic heterocycles. The van der Waals surface area contributed by atoms with Gasteiger partial charge in [0.2, 0.25) is 0 Å². The van der Waals surface area contributed by atoms with E-state index in [0.717, 1.165) is 0 Å². The summed E-state index contributed by atoms with van der Waals surface area (Å²) < 4.78 is 4.21. The quantitative estimate of drug-likeness (QED) is 0.579. The maximum Gasteiger partial charge on any atom is 0.404 e. The Bertz CT molecular complexity index is 137. The molecule has 1 amide bonds. The van der Waals surface area contributed by atoms with Crippen LogP contribution in [-0.4, -0.2) is 12.7 Å². The average molecular weight is 142 g/mol. The van der Waals surface area contributed by atoms with Gasteiger partial charge in [-0.15, -0.1) is 0 Å². The predicted octanol–water partition coefficient (Wildman–Crippen LogP) is 0.798. The van der Waals surface area contributed by atoms with Crippen molar-refractivity contribution in [2.24, 2.45) is 5.73 Å². The minimum absolute atomic E-state index is 0.190. The van der Waals surface area contributed by atoms with Crippen molar-refractivity contribution in [2.75, 3.05) is 6.61 Å². The lowest BCUT2D eigenvalue weighted by atomic mass is 10.7. The molecule has 2 N–H and O–H groups in total. The zero-order chi connectivity index (χ0) is 8.41. The molecule has 0 atom stereocenters. The summed E-state index contributed by atoms with van der Waals surface area (Å²) in [7, 11) is 0. The number of primary amides is 1. The number of ether oxygens (including phenoxy) is 1. The molecule has 0 spiro atoms. The van der Waals surface area contributed by atoms with E-state index < -0.39 is 6.09 Å². The maximum absolute atomic E-state index is 9.71. The van der Waals surface area contributed by atoms with Crippen LogP contribution in [0.2, 0.25) is 0 Å². The molecule has 0 rings (SSSR count). The summed E-state index contributed by atoms with van der Waals surface area (Å²) in [6.07, 6.45) is 0.685. The molecule has 4 heteroatoms. The van der Waals surface area contributed by atoms with Gasteiger partial charge >= 0.3 is 6.09 Å². The number of amides is 1. The standard InChI is InChI=1S/C4H7NO2.C2H3N/c1-2-3-7-4(5)6;1-2-3/h2H,1,3H2,(H2,5,6);1H3. The predicted molar refractivity (Wildman–Crippen MR) is 37.0 cm³/mol. The first-order valence-electron chi connectivity index (χ1n) is 2.53. The van der Waals surface area contributed by atoms with Crippen LogP contribution in [0.4, 0.5) is 4.79 Å². The zero-order valence-corrected chi connectivity index (χ0v) is 5.83. The Morgan fingerprint density at radius 1 is 2.00 bits per heavy atom. The van der Waals surface area contributed by atoms with Gasteiger partial charge in [-0.05, 0) is 0 Å². The maximum atomic E-state index is 9.71. The minimum Gasteiger partial charge on any atom is -0.445 e. The highest BCUT2D eigenvalue weighted by Gasteiger charge is 1.84. The summed E-state index contributed by atoms with van der Waals surface area (Å²) in [5.41, 5.74) is 4.57. The van der Waals surface area contributed by atoms with Gasteiger partial charge in [-0.25, -0.2) is 4.79 Å². The van der Waals surface area contributed by atoms with Crippen molar-refractivity contribution in [3.05, 3.63) is 12.7 Å². The fraction of sp³-hybridized carbons (Fsp3) is 0.333. The summed E-state index contributed by atoms with van der Waals surface area (Å²) in [6, 6.07) is 1.75. The molecule has 0 bridgehead atoms. The lowest BCUT2D eigenvalue weighted by Crippen LogP contribution is -2.12. The van der Waals surface area contributed by atoms with E-state index in [1.807, 2.05) is 0 Å². The second-order valence-corrected chi connectivity index (χ2v) is 1.14. The Balaban J connectivity index is 0. The van der Waals surface area contributed by atoms with E-state index in [1.165, 1.54) is 13.0 Å². The molecule has 56 valence electrons. The van der Waals surface area contributed by atoms with Gasteiger partial charge in [-0.3, -0.25) is 0 Å². The minimum atomic E-state index is -0.764.